The van der Waals surface area contributed by atoms with E-state index in [2.05, 4.69) is 4.90 Å². The third kappa shape index (κ3) is 4.92. The highest BCUT2D eigenvalue weighted by Gasteiger charge is 2.22. The van der Waals surface area contributed by atoms with Crippen LogP contribution in [0.3, 0.4) is 0 Å². The summed E-state index contributed by atoms with van der Waals surface area (Å²) < 4.78 is 22.6. The molecule has 6 nitrogen and oxygen atoms in total. The highest BCUT2D eigenvalue weighted by molar-refractivity contribution is 5.77. The van der Waals surface area contributed by atoms with Crippen LogP contribution in [0.5, 0.6) is 11.5 Å². The minimum Gasteiger partial charge on any atom is -0.497 e. The van der Waals surface area contributed by atoms with E-state index >= 15 is 0 Å². The zero-order valence-corrected chi connectivity index (χ0v) is 18.3. The lowest BCUT2D eigenvalue weighted by Crippen LogP contribution is -2.33. The van der Waals surface area contributed by atoms with E-state index in [-0.39, 0.29) is 11.5 Å². The van der Waals surface area contributed by atoms with Crippen LogP contribution in [0.2, 0.25) is 0 Å². The van der Waals surface area contributed by atoms with E-state index in [0.29, 0.717) is 29.6 Å². The molecule has 0 amide bonds. The summed E-state index contributed by atoms with van der Waals surface area (Å²) in [5, 5.41) is 0.622. The van der Waals surface area contributed by atoms with Crippen LogP contribution in [0.1, 0.15) is 29.5 Å². The maximum Gasteiger partial charge on any atom is 0.197 e. The Balaban J connectivity index is 1.63. The number of ether oxygens (including phenoxy) is 3. The standard InChI is InChI=1S/C25H29NO5/c1-17-6-9-23-22(11-17)25(27)19(16-31-23)14-26(15-21-5-4-10-30-21)13-18-7-8-20(28-2)12-24(18)29-3/h6-9,11-12,16,21H,4-5,10,13-15H2,1-3H3/t21-/m1/s1. The van der Waals surface area contributed by atoms with Crippen LogP contribution >= 0.6 is 0 Å². The molecule has 0 saturated carbocycles. The molecule has 2 aromatic carbocycles. The molecule has 0 N–H and O–H groups in total. The second-order valence-electron chi connectivity index (χ2n) is 8.07. The predicted octanol–water partition coefficient (Wildman–Crippen LogP) is 4.30. The molecule has 1 fully saturated rings. The summed E-state index contributed by atoms with van der Waals surface area (Å²) in [5.41, 5.74) is 3.34. The van der Waals surface area contributed by atoms with E-state index < -0.39 is 0 Å². The Morgan fingerprint density at radius 3 is 2.65 bits per heavy atom. The summed E-state index contributed by atoms with van der Waals surface area (Å²) in [6.45, 7) is 4.60. The number of rotatable bonds is 8. The van der Waals surface area contributed by atoms with Gasteiger partial charge in [-0.25, -0.2) is 0 Å². The van der Waals surface area contributed by atoms with Crippen LogP contribution in [0.15, 0.2) is 51.9 Å². The van der Waals surface area contributed by atoms with Crippen LogP contribution in [0.4, 0.5) is 0 Å². The average molecular weight is 424 g/mol. The Morgan fingerprint density at radius 2 is 1.90 bits per heavy atom. The average Bonchev–Trinajstić information content (AvgIpc) is 3.29. The quantitative estimate of drug-likeness (QED) is 0.538. The summed E-state index contributed by atoms with van der Waals surface area (Å²) in [5.74, 6) is 1.51. The second kappa shape index (κ2) is 9.54. The van der Waals surface area contributed by atoms with Crippen LogP contribution < -0.4 is 14.9 Å². The minimum absolute atomic E-state index is 0.0176. The van der Waals surface area contributed by atoms with E-state index in [4.69, 9.17) is 18.6 Å². The van der Waals surface area contributed by atoms with Gasteiger partial charge in [0, 0.05) is 43.4 Å². The normalized spacial score (nSPS) is 16.2. The molecule has 1 aliphatic rings. The molecule has 0 radical (unpaired) electrons. The largest absolute Gasteiger partial charge is 0.497 e. The summed E-state index contributed by atoms with van der Waals surface area (Å²) in [4.78, 5) is 15.4. The fourth-order valence-corrected chi connectivity index (χ4v) is 4.12. The van der Waals surface area contributed by atoms with Gasteiger partial charge in [0.1, 0.15) is 17.1 Å². The Kier molecular flexibility index (Phi) is 6.59. The lowest BCUT2D eigenvalue weighted by molar-refractivity contribution is 0.0673. The van der Waals surface area contributed by atoms with Crippen molar-refractivity contribution in [2.45, 2.75) is 39.0 Å². The molecule has 1 saturated heterocycles. The van der Waals surface area contributed by atoms with Crippen molar-refractivity contribution in [3.05, 3.63) is 69.6 Å². The maximum atomic E-state index is 13.2. The predicted molar refractivity (Wildman–Crippen MR) is 120 cm³/mol. The van der Waals surface area contributed by atoms with Crippen molar-refractivity contribution in [1.29, 1.82) is 0 Å². The van der Waals surface area contributed by atoms with Gasteiger partial charge in [0.2, 0.25) is 0 Å². The van der Waals surface area contributed by atoms with Gasteiger partial charge in [-0.2, -0.15) is 0 Å². The molecule has 0 unspecified atom stereocenters. The van der Waals surface area contributed by atoms with Gasteiger partial charge in [-0.15, -0.1) is 0 Å². The first-order valence-electron chi connectivity index (χ1n) is 10.6. The molecule has 2 heterocycles. The number of hydrogen-bond acceptors (Lipinski definition) is 6. The topological polar surface area (TPSA) is 61.1 Å². The van der Waals surface area contributed by atoms with Crippen molar-refractivity contribution in [1.82, 2.24) is 4.90 Å². The van der Waals surface area contributed by atoms with Crippen LogP contribution in [-0.2, 0) is 17.8 Å². The zero-order chi connectivity index (χ0) is 21.8. The van der Waals surface area contributed by atoms with Gasteiger partial charge in [-0.3, -0.25) is 9.69 Å². The number of methoxy groups -OCH3 is 2. The van der Waals surface area contributed by atoms with Gasteiger partial charge in [0.25, 0.3) is 0 Å². The molecule has 31 heavy (non-hydrogen) atoms. The van der Waals surface area contributed by atoms with E-state index in [1.165, 1.54) is 0 Å². The highest BCUT2D eigenvalue weighted by atomic mass is 16.5. The van der Waals surface area contributed by atoms with E-state index in [1.54, 1.807) is 20.5 Å². The zero-order valence-electron chi connectivity index (χ0n) is 18.3. The van der Waals surface area contributed by atoms with E-state index in [9.17, 15) is 4.79 Å². The van der Waals surface area contributed by atoms with Crippen LogP contribution in [0.25, 0.3) is 11.0 Å². The number of nitrogens with zero attached hydrogens (tertiary/aromatic N) is 1. The van der Waals surface area contributed by atoms with Crippen molar-refractivity contribution in [3.63, 3.8) is 0 Å². The molecular formula is C25H29NO5. The van der Waals surface area contributed by atoms with Gasteiger partial charge >= 0.3 is 0 Å². The smallest absolute Gasteiger partial charge is 0.197 e. The van der Waals surface area contributed by atoms with Gasteiger partial charge in [0.15, 0.2) is 5.43 Å². The number of hydrogen-bond donors (Lipinski definition) is 0. The van der Waals surface area contributed by atoms with Crippen molar-refractivity contribution in [2.24, 2.45) is 0 Å². The molecule has 6 heteroatoms. The molecule has 4 rings (SSSR count). The molecule has 0 spiro atoms. The van der Waals surface area contributed by atoms with Crippen molar-refractivity contribution in [3.8, 4) is 11.5 Å². The highest BCUT2D eigenvalue weighted by Crippen LogP contribution is 2.27. The molecule has 1 aromatic heterocycles. The SMILES string of the molecule is COc1ccc(CN(Cc2coc3ccc(C)cc3c2=O)C[C@H]2CCCO2)c(OC)c1. The number of aryl methyl sites for hydroxylation is 1. The molecule has 1 aliphatic heterocycles. The third-order valence-electron chi connectivity index (χ3n) is 5.77. The Morgan fingerprint density at radius 1 is 1.06 bits per heavy atom. The van der Waals surface area contributed by atoms with E-state index in [1.807, 2.05) is 43.3 Å². The summed E-state index contributed by atoms with van der Waals surface area (Å²) in [6, 6.07) is 11.5. The Hall–Kier alpha value is -2.83. The van der Waals surface area contributed by atoms with Crippen molar-refractivity contribution in [2.75, 3.05) is 27.4 Å². The molecule has 0 aliphatic carbocycles. The second-order valence-corrected chi connectivity index (χ2v) is 8.07. The molecular weight excluding hydrogens is 394 g/mol. The van der Waals surface area contributed by atoms with Crippen LogP contribution in [-0.4, -0.2) is 38.4 Å². The molecule has 0 bridgehead atoms. The van der Waals surface area contributed by atoms with Gasteiger partial charge in [0.05, 0.1) is 32.0 Å². The molecule has 3 aromatic rings. The molecule has 1 atom stereocenters. The Labute approximate surface area is 182 Å². The van der Waals surface area contributed by atoms with Crippen LogP contribution in [0, 0.1) is 6.92 Å². The van der Waals surface area contributed by atoms with Crippen molar-refractivity contribution >= 4 is 11.0 Å². The third-order valence-corrected chi connectivity index (χ3v) is 5.77. The first-order valence-corrected chi connectivity index (χ1v) is 10.6. The first-order chi connectivity index (χ1) is 15.1. The Bertz CT molecular complexity index is 1100. The maximum absolute atomic E-state index is 13.2. The van der Waals surface area contributed by atoms with Gasteiger partial charge in [-0.05, 0) is 38.0 Å². The van der Waals surface area contributed by atoms with E-state index in [0.717, 1.165) is 48.6 Å². The summed E-state index contributed by atoms with van der Waals surface area (Å²) >= 11 is 0. The number of benzene rings is 2. The lowest BCUT2D eigenvalue weighted by atomic mass is 10.1. The monoisotopic (exact) mass is 423 g/mol. The first kappa shape index (κ1) is 21.4. The summed E-state index contributed by atoms with van der Waals surface area (Å²) in [6.07, 6.45) is 3.86. The van der Waals surface area contributed by atoms with Gasteiger partial charge < -0.3 is 18.6 Å². The van der Waals surface area contributed by atoms with Gasteiger partial charge in [-0.1, -0.05) is 17.7 Å². The number of fused-ring (bicyclic) bond motifs is 1. The minimum atomic E-state index is 0.0176. The summed E-state index contributed by atoms with van der Waals surface area (Å²) in [7, 11) is 3.29. The lowest BCUT2D eigenvalue weighted by Gasteiger charge is -2.26. The van der Waals surface area contributed by atoms with Crippen molar-refractivity contribution < 1.29 is 18.6 Å². The fourth-order valence-electron chi connectivity index (χ4n) is 4.12. The fraction of sp³-hybridized carbons (Fsp3) is 0.400. The molecule has 164 valence electrons.